The maximum absolute atomic E-state index is 11.5. The summed E-state index contributed by atoms with van der Waals surface area (Å²) in [6, 6.07) is 0.766. The van der Waals surface area contributed by atoms with Crippen LogP contribution in [0.5, 0.6) is 0 Å². The zero-order chi connectivity index (χ0) is 12.0. The summed E-state index contributed by atoms with van der Waals surface area (Å²) < 4.78 is 0. The summed E-state index contributed by atoms with van der Waals surface area (Å²) in [6.07, 6.45) is 1.69. The zero-order valence-electron chi connectivity index (χ0n) is 11.0. The molecular formula is C12H26N2O. The molecule has 3 heteroatoms. The van der Waals surface area contributed by atoms with Crippen LogP contribution in [0.3, 0.4) is 0 Å². The second kappa shape index (κ2) is 6.83. The number of carbonyl (C=O) groups is 1. The summed E-state index contributed by atoms with van der Waals surface area (Å²) in [5.41, 5.74) is 0. The SMILES string of the molecule is CCC(NC(C)CC(=O)N(C)C)C(C)C. The second-order valence-electron chi connectivity index (χ2n) is 4.82. The minimum Gasteiger partial charge on any atom is -0.349 e. The summed E-state index contributed by atoms with van der Waals surface area (Å²) in [5, 5.41) is 3.50. The third-order valence-corrected chi connectivity index (χ3v) is 2.72. The maximum Gasteiger partial charge on any atom is 0.223 e. The number of nitrogens with one attached hydrogen (secondary N) is 1. The van der Waals surface area contributed by atoms with Crippen molar-refractivity contribution in [3.8, 4) is 0 Å². The van der Waals surface area contributed by atoms with E-state index in [1.54, 1.807) is 19.0 Å². The van der Waals surface area contributed by atoms with Crippen LogP contribution in [0, 0.1) is 5.92 Å². The van der Waals surface area contributed by atoms with Gasteiger partial charge in [-0.25, -0.2) is 0 Å². The van der Waals surface area contributed by atoms with Gasteiger partial charge in [-0.15, -0.1) is 0 Å². The van der Waals surface area contributed by atoms with Gasteiger partial charge in [0.05, 0.1) is 0 Å². The second-order valence-corrected chi connectivity index (χ2v) is 4.82. The molecule has 2 unspecified atom stereocenters. The lowest BCUT2D eigenvalue weighted by Gasteiger charge is -2.25. The molecule has 15 heavy (non-hydrogen) atoms. The number of hydrogen-bond acceptors (Lipinski definition) is 2. The van der Waals surface area contributed by atoms with Crippen LogP contribution in [0.2, 0.25) is 0 Å². The standard InChI is InChI=1S/C12H26N2O/c1-7-11(9(2)3)13-10(4)8-12(15)14(5)6/h9-11,13H,7-8H2,1-6H3. The third-order valence-electron chi connectivity index (χ3n) is 2.72. The molecule has 90 valence electrons. The molecule has 0 saturated heterocycles. The molecule has 0 aliphatic carbocycles. The van der Waals surface area contributed by atoms with Gasteiger partial charge in [-0.2, -0.15) is 0 Å². The molecule has 0 aromatic rings. The summed E-state index contributed by atoms with van der Waals surface area (Å²) >= 11 is 0. The van der Waals surface area contributed by atoms with Crippen molar-refractivity contribution in [2.75, 3.05) is 14.1 Å². The van der Waals surface area contributed by atoms with E-state index in [4.69, 9.17) is 0 Å². The first-order chi connectivity index (χ1) is 6.88. The Bertz CT molecular complexity index is 190. The minimum absolute atomic E-state index is 0.189. The Morgan fingerprint density at radius 1 is 1.27 bits per heavy atom. The Labute approximate surface area is 94.2 Å². The van der Waals surface area contributed by atoms with E-state index in [0.29, 0.717) is 18.4 Å². The third kappa shape index (κ3) is 5.78. The first kappa shape index (κ1) is 14.4. The average molecular weight is 214 g/mol. The van der Waals surface area contributed by atoms with E-state index < -0.39 is 0 Å². The summed E-state index contributed by atoms with van der Waals surface area (Å²) in [7, 11) is 3.60. The molecule has 0 spiro atoms. The largest absolute Gasteiger partial charge is 0.349 e. The molecule has 0 radical (unpaired) electrons. The van der Waals surface area contributed by atoms with Crippen molar-refractivity contribution in [3.05, 3.63) is 0 Å². The number of nitrogens with zero attached hydrogens (tertiary/aromatic N) is 1. The topological polar surface area (TPSA) is 32.3 Å². The Morgan fingerprint density at radius 3 is 2.13 bits per heavy atom. The molecule has 0 bridgehead atoms. The van der Waals surface area contributed by atoms with Crippen molar-refractivity contribution in [2.24, 2.45) is 5.92 Å². The van der Waals surface area contributed by atoms with Gasteiger partial charge in [-0.1, -0.05) is 20.8 Å². The van der Waals surface area contributed by atoms with Gasteiger partial charge in [0, 0.05) is 32.6 Å². The molecule has 0 aliphatic heterocycles. The highest BCUT2D eigenvalue weighted by molar-refractivity contribution is 5.76. The van der Waals surface area contributed by atoms with Crippen LogP contribution in [0.4, 0.5) is 0 Å². The fourth-order valence-corrected chi connectivity index (χ4v) is 1.65. The smallest absolute Gasteiger partial charge is 0.223 e. The number of hydrogen-bond donors (Lipinski definition) is 1. The Kier molecular flexibility index (Phi) is 6.57. The van der Waals surface area contributed by atoms with Gasteiger partial charge in [-0.3, -0.25) is 4.79 Å². The predicted molar refractivity (Wildman–Crippen MR) is 64.8 cm³/mol. The first-order valence-electron chi connectivity index (χ1n) is 5.84. The number of amides is 1. The monoisotopic (exact) mass is 214 g/mol. The highest BCUT2D eigenvalue weighted by Crippen LogP contribution is 2.07. The van der Waals surface area contributed by atoms with Gasteiger partial charge >= 0.3 is 0 Å². The van der Waals surface area contributed by atoms with Crippen molar-refractivity contribution in [1.82, 2.24) is 10.2 Å². The fourth-order valence-electron chi connectivity index (χ4n) is 1.65. The van der Waals surface area contributed by atoms with E-state index in [-0.39, 0.29) is 11.9 Å². The van der Waals surface area contributed by atoms with Crippen molar-refractivity contribution < 1.29 is 4.79 Å². The molecule has 0 fully saturated rings. The molecule has 0 heterocycles. The lowest BCUT2D eigenvalue weighted by Crippen LogP contribution is -2.41. The Balaban J connectivity index is 4.01. The summed E-state index contributed by atoms with van der Waals surface area (Å²) in [5.74, 6) is 0.806. The van der Waals surface area contributed by atoms with Crippen LogP contribution in [-0.2, 0) is 4.79 Å². The lowest BCUT2D eigenvalue weighted by atomic mass is 10.0. The maximum atomic E-state index is 11.5. The number of carbonyl (C=O) groups excluding carboxylic acids is 1. The summed E-state index contributed by atoms with van der Waals surface area (Å²) in [4.78, 5) is 13.1. The van der Waals surface area contributed by atoms with Gasteiger partial charge in [0.15, 0.2) is 0 Å². The predicted octanol–water partition coefficient (Wildman–Crippen LogP) is 1.88. The van der Waals surface area contributed by atoms with Crippen LogP contribution < -0.4 is 5.32 Å². The lowest BCUT2D eigenvalue weighted by molar-refractivity contribution is -0.129. The molecule has 0 aromatic carbocycles. The molecule has 0 saturated carbocycles. The highest BCUT2D eigenvalue weighted by Gasteiger charge is 2.16. The van der Waals surface area contributed by atoms with Crippen LogP contribution in [-0.4, -0.2) is 37.0 Å². The van der Waals surface area contributed by atoms with E-state index in [2.05, 4.69) is 33.0 Å². The van der Waals surface area contributed by atoms with Crippen molar-refractivity contribution in [2.45, 2.75) is 52.6 Å². The molecule has 0 rings (SSSR count). The molecule has 0 aliphatic rings. The molecule has 1 amide bonds. The minimum atomic E-state index is 0.189. The van der Waals surface area contributed by atoms with E-state index in [1.165, 1.54) is 0 Å². The zero-order valence-corrected chi connectivity index (χ0v) is 11.0. The molecule has 0 aromatic heterocycles. The van der Waals surface area contributed by atoms with Crippen molar-refractivity contribution in [3.63, 3.8) is 0 Å². The number of rotatable bonds is 6. The van der Waals surface area contributed by atoms with E-state index in [9.17, 15) is 4.79 Å². The molecule has 2 atom stereocenters. The molecule has 1 N–H and O–H groups in total. The Morgan fingerprint density at radius 2 is 1.80 bits per heavy atom. The van der Waals surface area contributed by atoms with Gasteiger partial charge in [0.25, 0.3) is 0 Å². The van der Waals surface area contributed by atoms with Gasteiger partial charge < -0.3 is 10.2 Å². The van der Waals surface area contributed by atoms with E-state index in [0.717, 1.165) is 6.42 Å². The first-order valence-corrected chi connectivity index (χ1v) is 5.84. The van der Waals surface area contributed by atoms with Crippen LogP contribution in [0.15, 0.2) is 0 Å². The fraction of sp³-hybridized carbons (Fsp3) is 0.917. The van der Waals surface area contributed by atoms with Gasteiger partial charge in [0.2, 0.25) is 5.91 Å². The van der Waals surface area contributed by atoms with Gasteiger partial charge in [0.1, 0.15) is 0 Å². The van der Waals surface area contributed by atoms with Crippen molar-refractivity contribution in [1.29, 1.82) is 0 Å². The molecular weight excluding hydrogens is 188 g/mol. The Hall–Kier alpha value is -0.570. The normalized spacial score (nSPS) is 15.1. The van der Waals surface area contributed by atoms with Crippen LogP contribution in [0.25, 0.3) is 0 Å². The molecule has 3 nitrogen and oxygen atoms in total. The van der Waals surface area contributed by atoms with Crippen molar-refractivity contribution >= 4 is 5.91 Å². The summed E-state index contributed by atoms with van der Waals surface area (Å²) in [6.45, 7) is 8.67. The van der Waals surface area contributed by atoms with Gasteiger partial charge in [-0.05, 0) is 19.3 Å². The van der Waals surface area contributed by atoms with Crippen LogP contribution in [0.1, 0.15) is 40.5 Å². The quantitative estimate of drug-likeness (QED) is 0.732. The van der Waals surface area contributed by atoms with E-state index >= 15 is 0 Å². The van der Waals surface area contributed by atoms with E-state index in [1.807, 2.05) is 0 Å². The highest BCUT2D eigenvalue weighted by atomic mass is 16.2. The average Bonchev–Trinajstić information content (AvgIpc) is 2.13. The van der Waals surface area contributed by atoms with Crippen LogP contribution >= 0.6 is 0 Å².